The zero-order chi connectivity index (χ0) is 15.2. The van der Waals surface area contributed by atoms with Crippen LogP contribution in [0.5, 0.6) is 0 Å². The molecule has 1 heterocycles. The van der Waals surface area contributed by atoms with Crippen molar-refractivity contribution in [1.82, 2.24) is 9.80 Å². The monoisotopic (exact) mass is 310 g/mol. The smallest absolute Gasteiger partial charge is 0.236 e. The Hall–Kier alpha value is -1.10. The molecule has 1 unspecified atom stereocenters. The van der Waals surface area contributed by atoms with Crippen molar-refractivity contribution in [3.8, 4) is 0 Å². The fourth-order valence-electron chi connectivity index (χ4n) is 2.64. The van der Waals surface area contributed by atoms with Crippen molar-refractivity contribution in [2.75, 3.05) is 39.3 Å². The number of likely N-dealkylation sites (N-methyl/N-ethyl adjacent to an activating group) is 1. The third kappa shape index (κ3) is 4.19. The van der Waals surface area contributed by atoms with Crippen LogP contribution >= 0.6 is 11.6 Å². The van der Waals surface area contributed by atoms with Crippen LogP contribution in [0.15, 0.2) is 24.3 Å². The van der Waals surface area contributed by atoms with Crippen molar-refractivity contribution in [2.24, 2.45) is 0 Å². The normalized spacial score (nSPS) is 19.5. The second-order valence-electron chi connectivity index (χ2n) is 5.18. The Morgan fingerprint density at radius 2 is 2.10 bits per heavy atom. The molecule has 1 aliphatic rings. The van der Waals surface area contributed by atoms with E-state index in [1.54, 1.807) is 0 Å². The Balaban J connectivity index is 1.98. The highest BCUT2D eigenvalue weighted by molar-refractivity contribution is 6.31. The molecule has 21 heavy (non-hydrogen) atoms. The Morgan fingerprint density at radius 3 is 2.76 bits per heavy atom. The van der Waals surface area contributed by atoms with Crippen molar-refractivity contribution in [2.45, 2.75) is 20.0 Å². The first-order valence-corrected chi connectivity index (χ1v) is 7.89. The number of ether oxygens (including phenoxy) is 1. The number of halogens is 1. The van der Waals surface area contributed by atoms with Crippen LogP contribution in [0.1, 0.15) is 25.5 Å². The summed E-state index contributed by atoms with van der Waals surface area (Å²) < 4.78 is 5.82. The lowest BCUT2D eigenvalue weighted by Gasteiger charge is -2.34. The van der Waals surface area contributed by atoms with Gasteiger partial charge in [-0.1, -0.05) is 29.8 Å². The van der Waals surface area contributed by atoms with E-state index in [1.165, 1.54) is 0 Å². The van der Waals surface area contributed by atoms with Crippen LogP contribution in [0.25, 0.3) is 0 Å². The minimum absolute atomic E-state index is 0.0584. The number of hydrogen-bond donors (Lipinski definition) is 0. The highest BCUT2D eigenvalue weighted by Crippen LogP contribution is 2.28. The van der Waals surface area contributed by atoms with Crippen molar-refractivity contribution >= 4 is 17.5 Å². The molecule has 0 N–H and O–H groups in total. The van der Waals surface area contributed by atoms with Gasteiger partial charge in [0.25, 0.3) is 0 Å². The van der Waals surface area contributed by atoms with Crippen molar-refractivity contribution < 1.29 is 9.53 Å². The molecule has 1 atom stereocenters. The first-order valence-electron chi connectivity index (χ1n) is 7.51. The van der Waals surface area contributed by atoms with Crippen LogP contribution in [0.3, 0.4) is 0 Å². The summed E-state index contributed by atoms with van der Waals surface area (Å²) >= 11 is 6.23. The van der Waals surface area contributed by atoms with Gasteiger partial charge in [0.1, 0.15) is 0 Å². The van der Waals surface area contributed by atoms with Gasteiger partial charge in [0, 0.05) is 36.8 Å². The number of carbonyl (C=O) groups excluding carboxylic acids is 1. The molecule has 0 saturated carbocycles. The molecule has 1 fully saturated rings. The minimum Gasteiger partial charge on any atom is -0.371 e. The van der Waals surface area contributed by atoms with Gasteiger partial charge in [0.15, 0.2) is 0 Å². The number of rotatable bonds is 5. The largest absolute Gasteiger partial charge is 0.371 e. The molecule has 0 aliphatic carbocycles. The van der Waals surface area contributed by atoms with E-state index in [9.17, 15) is 4.79 Å². The van der Waals surface area contributed by atoms with Gasteiger partial charge < -0.3 is 9.64 Å². The fraction of sp³-hybridized carbons (Fsp3) is 0.562. The third-order valence-corrected chi connectivity index (χ3v) is 4.22. The van der Waals surface area contributed by atoms with Crippen molar-refractivity contribution in [3.05, 3.63) is 34.9 Å². The molecule has 1 amide bonds. The van der Waals surface area contributed by atoms with Gasteiger partial charge in [0.05, 0.1) is 19.3 Å². The molecular formula is C16H23ClN2O2. The molecule has 5 heteroatoms. The van der Waals surface area contributed by atoms with Gasteiger partial charge in [0.2, 0.25) is 5.91 Å². The van der Waals surface area contributed by atoms with E-state index in [1.807, 2.05) is 43.0 Å². The summed E-state index contributed by atoms with van der Waals surface area (Å²) in [6.45, 7) is 8.10. The van der Waals surface area contributed by atoms with Gasteiger partial charge in [-0.3, -0.25) is 9.69 Å². The minimum atomic E-state index is -0.0584. The van der Waals surface area contributed by atoms with Gasteiger partial charge in [-0.15, -0.1) is 0 Å². The molecule has 0 bridgehead atoms. The first kappa shape index (κ1) is 16.3. The summed E-state index contributed by atoms with van der Waals surface area (Å²) in [5, 5.41) is 0.722. The number of benzene rings is 1. The van der Waals surface area contributed by atoms with Crippen LogP contribution < -0.4 is 0 Å². The number of amides is 1. The van der Waals surface area contributed by atoms with Gasteiger partial charge in [-0.05, 0) is 19.9 Å². The van der Waals surface area contributed by atoms with Gasteiger partial charge >= 0.3 is 0 Å². The second-order valence-corrected chi connectivity index (χ2v) is 5.59. The van der Waals surface area contributed by atoms with Crippen LogP contribution in [0.2, 0.25) is 5.02 Å². The summed E-state index contributed by atoms with van der Waals surface area (Å²) in [5.41, 5.74) is 0.999. The maximum atomic E-state index is 12.2. The summed E-state index contributed by atoms with van der Waals surface area (Å²) in [6, 6.07) is 7.74. The second kappa shape index (κ2) is 7.78. The SMILES string of the molecule is CCN(CC)C(=O)CN1CCOC(c2ccccc2Cl)C1. The summed E-state index contributed by atoms with van der Waals surface area (Å²) in [6.07, 6.45) is -0.0584. The van der Waals surface area contributed by atoms with Crippen molar-refractivity contribution in [1.29, 1.82) is 0 Å². The highest BCUT2D eigenvalue weighted by atomic mass is 35.5. The number of morpholine rings is 1. The van der Waals surface area contributed by atoms with E-state index in [4.69, 9.17) is 16.3 Å². The molecule has 1 aromatic carbocycles. The topological polar surface area (TPSA) is 32.8 Å². The van der Waals surface area contributed by atoms with Crippen LogP contribution in [0, 0.1) is 0 Å². The zero-order valence-electron chi connectivity index (χ0n) is 12.7. The maximum Gasteiger partial charge on any atom is 0.236 e. The van der Waals surface area contributed by atoms with E-state index in [0.29, 0.717) is 19.7 Å². The predicted octanol–water partition coefficient (Wildman–Crippen LogP) is 2.58. The molecule has 1 aromatic rings. The lowest BCUT2D eigenvalue weighted by molar-refractivity contribution is -0.134. The molecule has 2 rings (SSSR count). The Kier molecular flexibility index (Phi) is 6.03. The number of carbonyl (C=O) groups is 1. The van der Waals surface area contributed by atoms with Crippen molar-refractivity contribution in [3.63, 3.8) is 0 Å². The average Bonchev–Trinajstić information content (AvgIpc) is 2.49. The van der Waals surface area contributed by atoms with E-state index < -0.39 is 0 Å². The lowest BCUT2D eigenvalue weighted by Crippen LogP contribution is -2.45. The van der Waals surface area contributed by atoms with E-state index >= 15 is 0 Å². The average molecular weight is 311 g/mol. The molecule has 116 valence electrons. The van der Waals surface area contributed by atoms with E-state index in [0.717, 1.165) is 30.2 Å². The molecule has 0 radical (unpaired) electrons. The molecular weight excluding hydrogens is 288 g/mol. The number of nitrogens with zero attached hydrogens (tertiary/aromatic N) is 2. The molecule has 0 aromatic heterocycles. The first-order chi connectivity index (χ1) is 10.2. The Morgan fingerprint density at radius 1 is 1.38 bits per heavy atom. The maximum absolute atomic E-state index is 12.2. The molecule has 1 aliphatic heterocycles. The quantitative estimate of drug-likeness (QED) is 0.838. The predicted molar refractivity (Wildman–Crippen MR) is 84.5 cm³/mol. The molecule has 4 nitrogen and oxygen atoms in total. The standard InChI is InChI=1S/C16H23ClN2O2/c1-3-19(4-2)16(20)12-18-9-10-21-15(11-18)13-7-5-6-8-14(13)17/h5-8,15H,3-4,9-12H2,1-2H3. The Labute approximate surface area is 131 Å². The van der Waals surface area contributed by atoms with E-state index in [2.05, 4.69) is 4.90 Å². The summed E-state index contributed by atoms with van der Waals surface area (Å²) in [4.78, 5) is 16.2. The fourth-order valence-corrected chi connectivity index (χ4v) is 2.90. The molecule has 0 spiro atoms. The zero-order valence-corrected chi connectivity index (χ0v) is 13.5. The summed E-state index contributed by atoms with van der Waals surface area (Å²) in [7, 11) is 0. The highest BCUT2D eigenvalue weighted by Gasteiger charge is 2.25. The van der Waals surface area contributed by atoms with Crippen LogP contribution in [-0.4, -0.2) is 55.0 Å². The lowest BCUT2D eigenvalue weighted by atomic mass is 10.1. The van der Waals surface area contributed by atoms with Gasteiger partial charge in [-0.25, -0.2) is 0 Å². The Bertz CT molecular complexity index is 477. The van der Waals surface area contributed by atoms with Crippen LogP contribution in [-0.2, 0) is 9.53 Å². The summed E-state index contributed by atoms with van der Waals surface area (Å²) in [5.74, 6) is 0.180. The third-order valence-electron chi connectivity index (χ3n) is 3.88. The van der Waals surface area contributed by atoms with Crippen LogP contribution in [0.4, 0.5) is 0 Å². The molecule has 1 saturated heterocycles. The van der Waals surface area contributed by atoms with E-state index in [-0.39, 0.29) is 12.0 Å². The number of hydrogen-bond acceptors (Lipinski definition) is 3. The van der Waals surface area contributed by atoms with Gasteiger partial charge in [-0.2, -0.15) is 0 Å².